The monoisotopic (exact) mass is 315 g/mol. The number of hydrogen-bond acceptors (Lipinski definition) is 2. The lowest BCUT2D eigenvalue weighted by atomic mass is 9.90. The molecule has 1 aromatic rings. The van der Waals surface area contributed by atoms with Gasteiger partial charge in [0.05, 0.1) is 0 Å². The quantitative estimate of drug-likeness (QED) is 0.854. The first-order valence-corrected chi connectivity index (χ1v) is 7.26. The van der Waals surface area contributed by atoms with Crippen LogP contribution in [-0.4, -0.2) is 36.2 Å². The first kappa shape index (κ1) is 16.8. The SMILES string of the molecule is CO[C@](C(=O)N1[C@H](C)CC[C@H]1C)(c1ccccc1)C(F)(F)F. The van der Waals surface area contributed by atoms with Crippen LogP contribution >= 0.6 is 0 Å². The van der Waals surface area contributed by atoms with Gasteiger partial charge in [-0.1, -0.05) is 30.3 Å². The molecule has 1 fully saturated rings. The molecule has 22 heavy (non-hydrogen) atoms. The Bertz CT molecular complexity index is 522. The molecule has 0 N–H and O–H groups in total. The first-order valence-electron chi connectivity index (χ1n) is 7.26. The number of carbonyl (C=O) groups is 1. The van der Waals surface area contributed by atoms with Crippen molar-refractivity contribution in [2.75, 3.05) is 7.11 Å². The fraction of sp³-hybridized carbons (Fsp3) is 0.562. The number of carbonyl (C=O) groups excluding carboxylic acids is 1. The molecular formula is C16H20F3NO2. The molecule has 0 radical (unpaired) electrons. The predicted octanol–water partition coefficient (Wildman–Crippen LogP) is 3.49. The van der Waals surface area contributed by atoms with Gasteiger partial charge in [-0.2, -0.15) is 13.2 Å². The van der Waals surface area contributed by atoms with E-state index >= 15 is 0 Å². The van der Waals surface area contributed by atoms with Crippen molar-refractivity contribution in [3.63, 3.8) is 0 Å². The van der Waals surface area contributed by atoms with Crippen LogP contribution in [0.3, 0.4) is 0 Å². The normalized spacial score (nSPS) is 25.1. The highest BCUT2D eigenvalue weighted by atomic mass is 19.4. The largest absolute Gasteiger partial charge is 0.430 e. The van der Waals surface area contributed by atoms with Gasteiger partial charge in [0.25, 0.3) is 11.5 Å². The maximum Gasteiger partial charge on any atom is 0.430 e. The van der Waals surface area contributed by atoms with Gasteiger partial charge in [0.2, 0.25) is 0 Å². The molecule has 0 spiro atoms. The Labute approximate surface area is 128 Å². The summed E-state index contributed by atoms with van der Waals surface area (Å²) >= 11 is 0. The Morgan fingerprint density at radius 2 is 1.64 bits per heavy atom. The van der Waals surface area contributed by atoms with Crippen LogP contribution in [0, 0.1) is 0 Å². The summed E-state index contributed by atoms with van der Waals surface area (Å²) in [6, 6.07) is 6.64. The molecule has 1 aliphatic heterocycles. The van der Waals surface area contributed by atoms with Crippen molar-refractivity contribution in [3.05, 3.63) is 35.9 Å². The van der Waals surface area contributed by atoms with Gasteiger partial charge >= 0.3 is 6.18 Å². The van der Waals surface area contributed by atoms with Crippen molar-refractivity contribution in [2.24, 2.45) is 0 Å². The van der Waals surface area contributed by atoms with Crippen LogP contribution in [0.15, 0.2) is 30.3 Å². The fourth-order valence-electron chi connectivity index (χ4n) is 3.18. The minimum Gasteiger partial charge on any atom is -0.356 e. The third-order valence-electron chi connectivity index (χ3n) is 4.37. The zero-order valence-electron chi connectivity index (χ0n) is 12.9. The van der Waals surface area contributed by atoms with Gasteiger partial charge in [-0.05, 0) is 26.7 Å². The Morgan fingerprint density at radius 1 is 1.14 bits per heavy atom. The predicted molar refractivity (Wildman–Crippen MR) is 76.2 cm³/mol. The highest BCUT2D eigenvalue weighted by Gasteiger charge is 2.64. The lowest BCUT2D eigenvalue weighted by molar-refractivity contribution is -0.271. The summed E-state index contributed by atoms with van der Waals surface area (Å²) in [5, 5.41) is 0. The summed E-state index contributed by atoms with van der Waals surface area (Å²) in [6.07, 6.45) is -3.46. The third-order valence-corrected chi connectivity index (χ3v) is 4.37. The van der Waals surface area contributed by atoms with E-state index in [2.05, 4.69) is 0 Å². The standard InChI is InChI=1S/C16H20F3NO2/c1-11-9-10-12(2)20(11)14(21)15(22-3,16(17,18)19)13-7-5-4-6-8-13/h4-8,11-12H,9-10H2,1-3H3/t11-,12-,15+/m1/s1. The number of methoxy groups -OCH3 is 1. The molecule has 0 unspecified atom stereocenters. The molecule has 1 aromatic carbocycles. The van der Waals surface area contributed by atoms with E-state index in [9.17, 15) is 18.0 Å². The van der Waals surface area contributed by atoms with Crippen molar-refractivity contribution in [1.29, 1.82) is 0 Å². The maximum absolute atomic E-state index is 13.8. The van der Waals surface area contributed by atoms with Gasteiger partial charge in [-0.3, -0.25) is 4.79 Å². The lowest BCUT2D eigenvalue weighted by Crippen LogP contribution is -2.58. The van der Waals surface area contributed by atoms with Crippen LogP contribution in [0.25, 0.3) is 0 Å². The molecule has 0 bridgehead atoms. The summed E-state index contributed by atoms with van der Waals surface area (Å²) in [6.45, 7) is 3.53. The number of ether oxygens (including phenoxy) is 1. The van der Waals surface area contributed by atoms with E-state index in [1.807, 2.05) is 0 Å². The molecule has 3 atom stereocenters. The molecule has 1 aliphatic rings. The maximum atomic E-state index is 13.8. The van der Waals surface area contributed by atoms with Gasteiger partial charge in [0.15, 0.2) is 0 Å². The van der Waals surface area contributed by atoms with Crippen molar-refractivity contribution in [2.45, 2.75) is 50.6 Å². The first-order chi connectivity index (χ1) is 10.3. The highest BCUT2D eigenvalue weighted by molar-refractivity contribution is 5.88. The minimum atomic E-state index is -4.85. The second-order valence-electron chi connectivity index (χ2n) is 5.74. The second-order valence-corrected chi connectivity index (χ2v) is 5.74. The molecule has 1 saturated heterocycles. The topological polar surface area (TPSA) is 29.5 Å². The van der Waals surface area contributed by atoms with Crippen LogP contribution in [0.2, 0.25) is 0 Å². The molecule has 1 amide bonds. The lowest BCUT2D eigenvalue weighted by Gasteiger charge is -2.39. The molecule has 0 saturated carbocycles. The number of alkyl halides is 3. The smallest absolute Gasteiger partial charge is 0.356 e. The zero-order valence-corrected chi connectivity index (χ0v) is 12.9. The van der Waals surface area contributed by atoms with Gasteiger partial charge in [0, 0.05) is 24.8 Å². The Kier molecular flexibility index (Phi) is 4.52. The molecule has 122 valence electrons. The van der Waals surface area contributed by atoms with E-state index < -0.39 is 17.7 Å². The Hall–Kier alpha value is -1.56. The number of rotatable bonds is 3. The molecule has 3 nitrogen and oxygen atoms in total. The third kappa shape index (κ3) is 2.49. The minimum absolute atomic E-state index is 0.193. The number of halogens is 3. The van der Waals surface area contributed by atoms with E-state index in [0.29, 0.717) is 12.8 Å². The van der Waals surface area contributed by atoms with E-state index in [-0.39, 0.29) is 17.6 Å². The molecule has 2 rings (SSSR count). The number of nitrogens with zero attached hydrogens (tertiary/aromatic N) is 1. The van der Waals surface area contributed by atoms with Crippen LogP contribution in [-0.2, 0) is 15.1 Å². The van der Waals surface area contributed by atoms with E-state index in [0.717, 1.165) is 7.11 Å². The fourth-order valence-corrected chi connectivity index (χ4v) is 3.18. The Balaban J connectivity index is 2.56. The van der Waals surface area contributed by atoms with Crippen molar-refractivity contribution in [1.82, 2.24) is 4.90 Å². The van der Waals surface area contributed by atoms with Crippen molar-refractivity contribution < 1.29 is 22.7 Å². The molecule has 0 aromatic heterocycles. The summed E-state index contributed by atoms with van der Waals surface area (Å²) in [5.74, 6) is -1.04. The number of amides is 1. The van der Waals surface area contributed by atoms with Gasteiger partial charge in [-0.15, -0.1) is 0 Å². The summed E-state index contributed by atoms with van der Waals surface area (Å²) in [4.78, 5) is 14.2. The molecule has 6 heteroatoms. The summed E-state index contributed by atoms with van der Waals surface area (Å²) in [5.41, 5.74) is -3.15. The molecule has 1 heterocycles. The number of likely N-dealkylation sites (tertiary alicyclic amines) is 1. The molecular weight excluding hydrogens is 295 g/mol. The van der Waals surface area contributed by atoms with Crippen LogP contribution in [0.4, 0.5) is 13.2 Å². The summed E-state index contributed by atoms with van der Waals surface area (Å²) < 4.78 is 46.4. The van der Waals surface area contributed by atoms with Crippen molar-refractivity contribution >= 4 is 5.91 Å². The highest BCUT2D eigenvalue weighted by Crippen LogP contribution is 2.45. The van der Waals surface area contributed by atoms with E-state index in [1.54, 1.807) is 19.9 Å². The number of benzene rings is 1. The average molecular weight is 315 g/mol. The number of hydrogen-bond donors (Lipinski definition) is 0. The second kappa shape index (κ2) is 5.91. The average Bonchev–Trinajstić information content (AvgIpc) is 2.79. The zero-order chi connectivity index (χ0) is 16.5. The van der Waals surface area contributed by atoms with Gasteiger partial charge in [0.1, 0.15) is 0 Å². The van der Waals surface area contributed by atoms with Gasteiger partial charge < -0.3 is 9.64 Å². The molecule has 0 aliphatic carbocycles. The van der Waals surface area contributed by atoms with E-state index in [1.165, 1.54) is 29.2 Å². The summed E-state index contributed by atoms with van der Waals surface area (Å²) in [7, 11) is 0.934. The van der Waals surface area contributed by atoms with Crippen LogP contribution in [0.5, 0.6) is 0 Å². The van der Waals surface area contributed by atoms with Crippen molar-refractivity contribution in [3.8, 4) is 0 Å². The van der Waals surface area contributed by atoms with E-state index in [4.69, 9.17) is 4.74 Å². The van der Waals surface area contributed by atoms with Crippen LogP contribution < -0.4 is 0 Å². The van der Waals surface area contributed by atoms with Crippen LogP contribution in [0.1, 0.15) is 32.3 Å². The Morgan fingerprint density at radius 3 is 2.05 bits per heavy atom. The van der Waals surface area contributed by atoms with Gasteiger partial charge in [-0.25, -0.2) is 0 Å².